The quantitative estimate of drug-likeness (QED) is 0.808. The number of nitrogens with one attached hydrogen (secondary N) is 1. The first-order valence-corrected chi connectivity index (χ1v) is 4.81. The summed E-state index contributed by atoms with van der Waals surface area (Å²) in [6, 6.07) is 0.780. The van der Waals surface area contributed by atoms with Gasteiger partial charge in [0.15, 0.2) is 0 Å². The second kappa shape index (κ2) is 5.33. The fourth-order valence-corrected chi connectivity index (χ4v) is 1.13. The first-order valence-electron chi connectivity index (χ1n) is 4.43. The van der Waals surface area contributed by atoms with Crippen LogP contribution in [0.2, 0.25) is 5.15 Å². The Hall–Kier alpha value is -1.34. The Kier molecular flexibility index (Phi) is 4.30. The minimum absolute atomic E-state index is 0.295. The summed E-state index contributed by atoms with van der Waals surface area (Å²) >= 11 is 5.50. The van der Waals surface area contributed by atoms with Crippen molar-refractivity contribution in [1.29, 1.82) is 0 Å². The molecular weight excluding hydrogens is 261 g/mol. The smallest absolute Gasteiger partial charge is 0.287 e. The third-order valence-corrected chi connectivity index (χ3v) is 2.09. The highest BCUT2D eigenvalue weighted by Gasteiger charge is 2.28. The second-order valence-corrected chi connectivity index (χ2v) is 3.55. The van der Waals surface area contributed by atoms with Crippen LogP contribution in [0.3, 0.4) is 0 Å². The number of pyridine rings is 1. The molecule has 0 atom stereocenters. The fourth-order valence-electron chi connectivity index (χ4n) is 0.943. The number of rotatable bonds is 4. The highest BCUT2D eigenvalue weighted by atomic mass is 35.5. The molecule has 8 heteroatoms. The minimum atomic E-state index is -3.44. The molecule has 0 radical (unpaired) electrons. The van der Waals surface area contributed by atoms with Crippen LogP contribution >= 0.6 is 11.6 Å². The van der Waals surface area contributed by atoms with E-state index >= 15 is 0 Å². The van der Waals surface area contributed by atoms with Gasteiger partial charge in [-0.1, -0.05) is 11.6 Å². The van der Waals surface area contributed by atoms with Crippen molar-refractivity contribution in [3.05, 3.63) is 28.8 Å². The van der Waals surface area contributed by atoms with Gasteiger partial charge in [0.1, 0.15) is 17.6 Å². The predicted octanol–water partition coefficient (Wildman–Crippen LogP) is 1.23. The third kappa shape index (κ3) is 3.86. The maximum atomic E-state index is 12.8. The molecule has 0 saturated carbocycles. The van der Waals surface area contributed by atoms with Gasteiger partial charge >= 0.3 is 0 Å². The van der Waals surface area contributed by atoms with Crippen LogP contribution in [-0.4, -0.2) is 35.1 Å². The van der Waals surface area contributed by atoms with Gasteiger partial charge in [0.25, 0.3) is 11.8 Å². The topological polar surface area (TPSA) is 62.2 Å². The number of hydrogen-bond acceptors (Lipinski definition) is 3. The van der Waals surface area contributed by atoms with Gasteiger partial charge in [-0.25, -0.2) is 18.2 Å². The van der Waals surface area contributed by atoms with Crippen molar-refractivity contribution >= 4 is 17.5 Å². The van der Waals surface area contributed by atoms with E-state index in [0.29, 0.717) is 0 Å². The number of carbonyl (C=O) groups is 1. The van der Waals surface area contributed by atoms with Crippen LogP contribution in [0.5, 0.6) is 0 Å². The molecule has 0 saturated heterocycles. The maximum absolute atomic E-state index is 12.8. The van der Waals surface area contributed by atoms with Crippen molar-refractivity contribution < 1.29 is 23.1 Å². The van der Waals surface area contributed by atoms with Gasteiger partial charge in [-0.3, -0.25) is 4.79 Å². The Bertz CT molecular complexity index is 429. The van der Waals surface area contributed by atoms with E-state index in [1.807, 2.05) is 5.32 Å². The molecule has 2 N–H and O–H groups in total. The van der Waals surface area contributed by atoms with Crippen LogP contribution < -0.4 is 5.32 Å². The lowest BCUT2D eigenvalue weighted by atomic mass is 10.2. The number of aliphatic hydroxyl groups is 1. The van der Waals surface area contributed by atoms with Crippen LogP contribution in [-0.2, 0) is 0 Å². The van der Waals surface area contributed by atoms with Crippen LogP contribution in [0.4, 0.5) is 13.2 Å². The van der Waals surface area contributed by atoms with Crippen LogP contribution in [0.25, 0.3) is 0 Å². The summed E-state index contributed by atoms with van der Waals surface area (Å²) in [4.78, 5) is 14.7. The zero-order valence-corrected chi connectivity index (χ0v) is 9.14. The summed E-state index contributed by atoms with van der Waals surface area (Å²) in [6.07, 6.45) is 0.793. The monoisotopic (exact) mass is 268 g/mol. The van der Waals surface area contributed by atoms with Gasteiger partial charge in [-0.15, -0.1) is 0 Å². The maximum Gasteiger partial charge on any atom is 0.287 e. The number of aliphatic hydroxyl groups excluding tert-OH is 1. The molecule has 0 spiro atoms. The molecule has 1 rings (SSSR count). The highest BCUT2D eigenvalue weighted by molar-refractivity contribution is 6.32. The number of carbonyl (C=O) groups excluding carboxylic acids is 1. The van der Waals surface area contributed by atoms with Crippen LogP contribution in [0.15, 0.2) is 12.3 Å². The van der Waals surface area contributed by atoms with E-state index in [4.69, 9.17) is 16.7 Å². The number of halogens is 4. The normalized spacial score (nSPS) is 11.4. The first kappa shape index (κ1) is 13.7. The Labute approximate surface area is 99.4 Å². The molecule has 1 aromatic heterocycles. The summed E-state index contributed by atoms with van der Waals surface area (Å²) in [5, 5.41) is 9.80. The molecular formula is C9H8ClF3N2O2. The SMILES string of the molecule is O=C(NCC(F)(F)CO)c1cc(F)cnc1Cl. The lowest BCUT2D eigenvalue weighted by molar-refractivity contribution is -0.0462. The van der Waals surface area contributed by atoms with E-state index < -0.39 is 30.8 Å². The van der Waals surface area contributed by atoms with Crippen molar-refractivity contribution in [3.63, 3.8) is 0 Å². The lowest BCUT2D eigenvalue weighted by Crippen LogP contribution is -2.39. The minimum Gasteiger partial charge on any atom is -0.390 e. The van der Waals surface area contributed by atoms with Crippen molar-refractivity contribution in [2.75, 3.05) is 13.2 Å². The molecule has 1 aromatic rings. The Morgan fingerprint density at radius 1 is 1.59 bits per heavy atom. The Balaban J connectivity index is 2.74. The largest absolute Gasteiger partial charge is 0.390 e. The van der Waals surface area contributed by atoms with Crippen molar-refractivity contribution in [3.8, 4) is 0 Å². The van der Waals surface area contributed by atoms with Gasteiger partial charge in [0.2, 0.25) is 0 Å². The molecule has 0 aromatic carbocycles. The summed E-state index contributed by atoms with van der Waals surface area (Å²) in [5.41, 5.74) is -0.347. The molecule has 0 aliphatic rings. The van der Waals surface area contributed by atoms with Gasteiger partial charge in [0, 0.05) is 0 Å². The number of amides is 1. The number of alkyl halides is 2. The van der Waals surface area contributed by atoms with Gasteiger partial charge in [-0.05, 0) is 6.07 Å². The van der Waals surface area contributed by atoms with E-state index in [2.05, 4.69) is 4.98 Å². The van der Waals surface area contributed by atoms with E-state index in [0.717, 1.165) is 12.3 Å². The Morgan fingerprint density at radius 2 is 2.24 bits per heavy atom. The molecule has 0 bridgehead atoms. The molecule has 4 nitrogen and oxygen atoms in total. The van der Waals surface area contributed by atoms with Gasteiger partial charge in [-0.2, -0.15) is 0 Å². The summed E-state index contributed by atoms with van der Waals surface area (Å²) in [7, 11) is 0. The highest BCUT2D eigenvalue weighted by Crippen LogP contribution is 2.15. The molecule has 1 amide bonds. The Morgan fingerprint density at radius 3 is 2.82 bits per heavy atom. The molecule has 0 unspecified atom stereocenters. The number of aromatic nitrogens is 1. The zero-order chi connectivity index (χ0) is 13.1. The number of hydrogen-bond donors (Lipinski definition) is 2. The predicted molar refractivity (Wildman–Crippen MR) is 53.6 cm³/mol. The van der Waals surface area contributed by atoms with Gasteiger partial charge < -0.3 is 10.4 Å². The first-order chi connectivity index (χ1) is 7.85. The molecule has 0 fully saturated rings. The number of nitrogens with zero attached hydrogens (tertiary/aromatic N) is 1. The average Bonchev–Trinajstić information content (AvgIpc) is 2.29. The second-order valence-electron chi connectivity index (χ2n) is 3.19. The van der Waals surface area contributed by atoms with E-state index in [1.54, 1.807) is 0 Å². The molecule has 0 aliphatic carbocycles. The zero-order valence-electron chi connectivity index (χ0n) is 8.38. The van der Waals surface area contributed by atoms with Crippen molar-refractivity contribution in [1.82, 2.24) is 10.3 Å². The summed E-state index contributed by atoms with van der Waals surface area (Å²) in [6.45, 7) is -2.47. The third-order valence-electron chi connectivity index (χ3n) is 1.79. The van der Waals surface area contributed by atoms with E-state index in [-0.39, 0.29) is 10.7 Å². The molecule has 94 valence electrons. The van der Waals surface area contributed by atoms with Gasteiger partial charge in [0.05, 0.1) is 18.3 Å². The summed E-state index contributed by atoms with van der Waals surface area (Å²) < 4.78 is 38.0. The van der Waals surface area contributed by atoms with E-state index in [1.165, 1.54) is 0 Å². The lowest BCUT2D eigenvalue weighted by Gasteiger charge is -2.14. The van der Waals surface area contributed by atoms with Crippen LogP contribution in [0.1, 0.15) is 10.4 Å². The summed E-state index contributed by atoms with van der Waals surface area (Å²) in [5.74, 6) is -5.24. The standard InChI is InChI=1S/C9H8ClF3N2O2/c10-7-6(1-5(11)2-14-7)8(17)15-3-9(12,13)4-16/h1-2,16H,3-4H2,(H,15,17). The fraction of sp³-hybridized carbons (Fsp3) is 0.333. The van der Waals surface area contributed by atoms with E-state index in [9.17, 15) is 18.0 Å². The average molecular weight is 269 g/mol. The van der Waals surface area contributed by atoms with Crippen LogP contribution in [0, 0.1) is 5.82 Å². The molecule has 0 aliphatic heterocycles. The molecule has 17 heavy (non-hydrogen) atoms. The molecule has 1 heterocycles. The van der Waals surface area contributed by atoms with Crippen molar-refractivity contribution in [2.24, 2.45) is 0 Å². The van der Waals surface area contributed by atoms with Crippen molar-refractivity contribution in [2.45, 2.75) is 5.92 Å².